The average Bonchev–Trinajstić information content (AvgIpc) is 3.14. The van der Waals surface area contributed by atoms with E-state index >= 15 is 0 Å². The second-order valence-electron chi connectivity index (χ2n) is 8.80. The molecule has 0 radical (unpaired) electrons. The van der Waals surface area contributed by atoms with Crippen LogP contribution in [-0.2, 0) is 40.1 Å². The van der Waals surface area contributed by atoms with E-state index in [0.29, 0.717) is 52.2 Å². The predicted molar refractivity (Wildman–Crippen MR) is 135 cm³/mol. The van der Waals surface area contributed by atoms with Gasteiger partial charge < -0.3 is 19.5 Å². The first kappa shape index (κ1) is 24.7. The summed E-state index contributed by atoms with van der Waals surface area (Å²) in [6.07, 6.45) is 4.24. The number of aromatic nitrogens is 2. The molecule has 0 spiro atoms. The molecule has 0 unspecified atom stereocenters. The molecule has 4 rings (SSSR count). The monoisotopic (exact) mass is 467 g/mol. The van der Waals surface area contributed by atoms with Crippen molar-refractivity contribution in [1.29, 1.82) is 0 Å². The number of benzene rings is 2. The highest BCUT2D eigenvalue weighted by Gasteiger charge is 2.24. The Balaban J connectivity index is 1.07. The van der Waals surface area contributed by atoms with E-state index in [2.05, 4.69) is 35.6 Å². The van der Waals surface area contributed by atoms with Gasteiger partial charge in [0, 0.05) is 19.2 Å². The summed E-state index contributed by atoms with van der Waals surface area (Å²) in [6.45, 7) is 4.73. The van der Waals surface area contributed by atoms with Crippen LogP contribution in [0, 0.1) is 0 Å². The molecule has 0 saturated carbocycles. The first-order valence-electron chi connectivity index (χ1n) is 12.4. The lowest BCUT2D eigenvalue weighted by Gasteiger charge is -2.22. The molecule has 1 aliphatic rings. The van der Waals surface area contributed by atoms with Gasteiger partial charge in [0.2, 0.25) is 0 Å². The van der Waals surface area contributed by atoms with Crippen LogP contribution in [0.2, 0.25) is 0 Å². The zero-order valence-corrected chi connectivity index (χ0v) is 20.2. The van der Waals surface area contributed by atoms with E-state index in [-0.39, 0.29) is 5.69 Å². The maximum absolute atomic E-state index is 13.0. The van der Waals surface area contributed by atoms with Crippen LogP contribution >= 0.6 is 0 Å². The maximum atomic E-state index is 13.0. The molecule has 2 heterocycles. The lowest BCUT2D eigenvalue weighted by molar-refractivity contribution is 0.0126. The van der Waals surface area contributed by atoms with Crippen LogP contribution in [0.1, 0.15) is 24.0 Å². The van der Waals surface area contributed by atoms with Gasteiger partial charge >= 0.3 is 5.69 Å². The van der Waals surface area contributed by atoms with Crippen molar-refractivity contribution in [3.63, 3.8) is 0 Å². The molecule has 0 bridgehead atoms. The number of unbranched alkanes of at least 4 members (excludes halogenated alkanes) is 1. The summed E-state index contributed by atoms with van der Waals surface area (Å²) in [7, 11) is 1.95. The van der Waals surface area contributed by atoms with Crippen molar-refractivity contribution in [3.8, 4) is 0 Å². The molecule has 2 aromatic carbocycles. The van der Waals surface area contributed by atoms with Gasteiger partial charge in [-0.1, -0.05) is 42.5 Å². The molecular formula is C27H37N3O4. The Labute approximate surface area is 201 Å². The highest BCUT2D eigenvalue weighted by atomic mass is 16.5. The van der Waals surface area contributed by atoms with Gasteiger partial charge in [-0.25, -0.2) is 4.79 Å². The zero-order chi connectivity index (χ0) is 23.6. The van der Waals surface area contributed by atoms with Crippen LogP contribution < -0.4 is 11.0 Å². The number of rotatable bonds is 15. The molecule has 0 fully saturated rings. The van der Waals surface area contributed by atoms with E-state index in [1.807, 2.05) is 34.4 Å². The zero-order valence-electron chi connectivity index (χ0n) is 20.2. The quantitative estimate of drug-likeness (QED) is 0.348. The van der Waals surface area contributed by atoms with Crippen molar-refractivity contribution in [1.82, 2.24) is 14.5 Å². The third-order valence-corrected chi connectivity index (χ3v) is 6.45. The van der Waals surface area contributed by atoms with Gasteiger partial charge in [-0.3, -0.25) is 9.13 Å². The van der Waals surface area contributed by atoms with E-state index in [1.165, 1.54) is 11.1 Å². The van der Waals surface area contributed by atoms with Gasteiger partial charge in [-0.05, 0) is 49.9 Å². The lowest BCUT2D eigenvalue weighted by atomic mass is 10.0. The van der Waals surface area contributed by atoms with Crippen LogP contribution in [0.4, 0.5) is 0 Å². The normalized spacial score (nSPS) is 15.3. The first-order chi connectivity index (χ1) is 16.8. The topological polar surface area (TPSA) is 66.7 Å². The van der Waals surface area contributed by atoms with Crippen LogP contribution in [-0.4, -0.2) is 61.9 Å². The van der Waals surface area contributed by atoms with E-state index in [9.17, 15) is 4.79 Å². The van der Waals surface area contributed by atoms with E-state index < -0.39 is 0 Å². The third kappa shape index (κ3) is 6.36. The molecule has 0 aliphatic carbocycles. The van der Waals surface area contributed by atoms with Crippen LogP contribution in [0.3, 0.4) is 0 Å². The van der Waals surface area contributed by atoms with Gasteiger partial charge in [-0.15, -0.1) is 0 Å². The minimum atomic E-state index is 0.0446. The number of ether oxygens (including phenoxy) is 3. The number of para-hydroxylation sites is 1. The third-order valence-electron chi connectivity index (χ3n) is 6.45. The van der Waals surface area contributed by atoms with Crippen molar-refractivity contribution in [3.05, 3.63) is 70.1 Å². The van der Waals surface area contributed by atoms with Crippen molar-refractivity contribution in [2.24, 2.45) is 0 Å². The Morgan fingerprint density at radius 1 is 0.882 bits per heavy atom. The van der Waals surface area contributed by atoms with Gasteiger partial charge in [0.1, 0.15) is 0 Å². The average molecular weight is 468 g/mol. The summed E-state index contributed by atoms with van der Waals surface area (Å²) < 4.78 is 20.7. The molecule has 184 valence electrons. The Bertz CT molecular complexity index is 1080. The fourth-order valence-electron chi connectivity index (χ4n) is 4.62. The molecule has 7 heteroatoms. The highest BCUT2D eigenvalue weighted by Crippen LogP contribution is 2.24. The molecule has 0 amide bonds. The summed E-state index contributed by atoms with van der Waals surface area (Å²) in [6, 6.07) is 17.0. The van der Waals surface area contributed by atoms with Crippen molar-refractivity contribution in [2.75, 3.05) is 46.7 Å². The summed E-state index contributed by atoms with van der Waals surface area (Å²) in [4.78, 5) is 13.0. The molecule has 1 aliphatic heterocycles. The summed E-state index contributed by atoms with van der Waals surface area (Å²) in [5.74, 6) is 0. The minimum Gasteiger partial charge on any atom is -0.379 e. The Hall–Kier alpha value is -2.45. The first-order valence-corrected chi connectivity index (χ1v) is 12.4. The van der Waals surface area contributed by atoms with Crippen molar-refractivity contribution < 1.29 is 14.2 Å². The number of nitrogens with zero attached hydrogens (tertiary/aromatic N) is 2. The highest BCUT2D eigenvalue weighted by molar-refractivity contribution is 5.80. The fourth-order valence-corrected chi connectivity index (χ4v) is 4.62. The van der Waals surface area contributed by atoms with E-state index in [1.54, 1.807) is 0 Å². The smallest absolute Gasteiger partial charge is 0.329 e. The van der Waals surface area contributed by atoms with Gasteiger partial charge in [-0.2, -0.15) is 0 Å². The Kier molecular flexibility index (Phi) is 9.33. The SMILES string of the molecule is CN[C@@H]1Cc2cccc3c2n(c(=O)n3CCOCCOCCOCCCCc2ccccc2)C1. The van der Waals surface area contributed by atoms with Gasteiger partial charge in [0.05, 0.1) is 50.6 Å². The molecule has 0 saturated heterocycles. The van der Waals surface area contributed by atoms with E-state index in [0.717, 1.165) is 43.3 Å². The molecule has 1 atom stereocenters. The standard InChI is InChI=1S/C27H37N3O4/c1-28-24-20-23-11-7-12-25-26(23)30(21-24)27(31)29(25)13-15-33-17-19-34-18-16-32-14-6-5-10-22-8-3-2-4-9-22/h2-4,7-9,11-12,24,28H,5-6,10,13-21H2,1H3/t24-/m1/s1. The Morgan fingerprint density at radius 3 is 2.38 bits per heavy atom. The number of hydrogen-bond donors (Lipinski definition) is 1. The fraction of sp³-hybridized carbons (Fsp3) is 0.519. The minimum absolute atomic E-state index is 0.0446. The number of aryl methyl sites for hydroxylation is 1. The maximum Gasteiger partial charge on any atom is 0.329 e. The van der Waals surface area contributed by atoms with Crippen molar-refractivity contribution in [2.45, 2.75) is 44.8 Å². The molecule has 1 aromatic heterocycles. The van der Waals surface area contributed by atoms with Gasteiger partial charge in [0.15, 0.2) is 0 Å². The van der Waals surface area contributed by atoms with Crippen molar-refractivity contribution >= 4 is 11.0 Å². The van der Waals surface area contributed by atoms with Crippen LogP contribution in [0.25, 0.3) is 11.0 Å². The summed E-state index contributed by atoms with van der Waals surface area (Å²) in [5.41, 5.74) is 4.72. The second kappa shape index (κ2) is 12.9. The second-order valence-corrected chi connectivity index (χ2v) is 8.80. The van der Waals surface area contributed by atoms with Crippen LogP contribution in [0.5, 0.6) is 0 Å². The van der Waals surface area contributed by atoms with Gasteiger partial charge in [0.25, 0.3) is 0 Å². The number of imidazole rings is 1. The van der Waals surface area contributed by atoms with Crippen LogP contribution in [0.15, 0.2) is 53.3 Å². The molecule has 1 N–H and O–H groups in total. The van der Waals surface area contributed by atoms with E-state index in [4.69, 9.17) is 14.2 Å². The predicted octanol–water partition coefficient (Wildman–Crippen LogP) is 3.02. The number of nitrogens with one attached hydrogen (secondary N) is 1. The Morgan fingerprint density at radius 2 is 1.62 bits per heavy atom. The summed E-state index contributed by atoms with van der Waals surface area (Å²) in [5, 5.41) is 3.31. The molecule has 7 nitrogen and oxygen atoms in total. The number of hydrogen-bond acceptors (Lipinski definition) is 5. The molecule has 3 aromatic rings. The molecule has 34 heavy (non-hydrogen) atoms. The number of likely N-dealkylation sites (N-methyl/N-ethyl adjacent to an activating group) is 1. The summed E-state index contributed by atoms with van der Waals surface area (Å²) >= 11 is 0. The lowest BCUT2D eigenvalue weighted by Crippen LogP contribution is -2.39. The largest absolute Gasteiger partial charge is 0.379 e. The molecular weight excluding hydrogens is 430 g/mol.